The first-order chi connectivity index (χ1) is 22.4. The predicted molar refractivity (Wildman–Crippen MR) is 180 cm³/mol. The number of anilines is 1. The van der Waals surface area contributed by atoms with E-state index in [1.807, 2.05) is 4.52 Å². The Labute approximate surface area is 268 Å². The van der Waals surface area contributed by atoms with Gasteiger partial charge in [-0.25, -0.2) is 9.50 Å². The standard InChI is InChI=1S/C37H39N7O2/c1-24-17-29(5-6-30(24)20-38)36-34-19-31(22-44(34)40-23-39-36)28-4-2-3-25(18-28)21-43-15-13-27(14-16-43)26-7-9-32(10-8-26)41-33-11-12-35(45)42-37(33)46/h2-10,17-19,22-23,27,33,41H,11-16,20-21,38H2,1H3,(H,42,45,46). The topological polar surface area (TPSA) is 118 Å². The zero-order valence-corrected chi connectivity index (χ0v) is 26.1. The first-order valence-electron chi connectivity index (χ1n) is 16.1. The molecule has 234 valence electrons. The van der Waals surface area contributed by atoms with Crippen molar-refractivity contribution in [2.75, 3.05) is 18.4 Å². The SMILES string of the molecule is Cc1cc(-c2ncnn3cc(-c4cccc(CN5CCC(c6ccc(NC7CCC(=O)NC7=O)cc6)CC5)c4)cc23)ccc1CN. The third kappa shape index (κ3) is 6.29. The molecule has 3 aromatic carbocycles. The van der Waals surface area contributed by atoms with Gasteiger partial charge in [0.1, 0.15) is 12.4 Å². The maximum Gasteiger partial charge on any atom is 0.249 e. The van der Waals surface area contributed by atoms with Crippen molar-refractivity contribution in [3.05, 3.63) is 108 Å². The monoisotopic (exact) mass is 613 g/mol. The van der Waals surface area contributed by atoms with Crippen molar-refractivity contribution in [3.63, 3.8) is 0 Å². The lowest BCUT2D eigenvalue weighted by Crippen LogP contribution is -2.47. The molecule has 2 saturated heterocycles. The summed E-state index contributed by atoms with van der Waals surface area (Å²) in [6.07, 6.45) is 6.81. The summed E-state index contributed by atoms with van der Waals surface area (Å²) in [5.74, 6) is 0.0769. The van der Waals surface area contributed by atoms with Gasteiger partial charge < -0.3 is 11.1 Å². The van der Waals surface area contributed by atoms with Gasteiger partial charge in [0.15, 0.2) is 0 Å². The predicted octanol–water partition coefficient (Wildman–Crippen LogP) is 5.43. The van der Waals surface area contributed by atoms with E-state index >= 15 is 0 Å². The zero-order chi connectivity index (χ0) is 31.6. The minimum atomic E-state index is -0.364. The van der Waals surface area contributed by atoms with Crippen LogP contribution in [0.2, 0.25) is 0 Å². The number of nitrogens with two attached hydrogens (primary N) is 1. The van der Waals surface area contributed by atoms with Gasteiger partial charge in [0.25, 0.3) is 0 Å². The second-order valence-corrected chi connectivity index (χ2v) is 12.5. The normalized spacial score (nSPS) is 17.7. The van der Waals surface area contributed by atoms with Crippen LogP contribution < -0.4 is 16.4 Å². The molecule has 0 saturated carbocycles. The Morgan fingerprint density at radius 2 is 1.76 bits per heavy atom. The third-order valence-corrected chi connectivity index (χ3v) is 9.46. The molecule has 0 radical (unpaired) electrons. The highest BCUT2D eigenvalue weighted by atomic mass is 16.2. The van der Waals surface area contributed by atoms with E-state index in [0.717, 1.165) is 71.6 Å². The van der Waals surface area contributed by atoms with Gasteiger partial charge in [-0.3, -0.25) is 19.8 Å². The van der Waals surface area contributed by atoms with Gasteiger partial charge >= 0.3 is 0 Å². The van der Waals surface area contributed by atoms with Crippen molar-refractivity contribution in [2.24, 2.45) is 5.73 Å². The second kappa shape index (κ2) is 12.9. The van der Waals surface area contributed by atoms with Gasteiger partial charge in [0, 0.05) is 42.5 Å². The Kier molecular flexibility index (Phi) is 8.34. The molecular weight excluding hydrogens is 574 g/mol. The molecule has 1 unspecified atom stereocenters. The van der Waals surface area contributed by atoms with Crippen LogP contribution in [0.3, 0.4) is 0 Å². The van der Waals surface area contributed by atoms with Crippen LogP contribution in [0, 0.1) is 6.92 Å². The smallest absolute Gasteiger partial charge is 0.249 e. The zero-order valence-electron chi connectivity index (χ0n) is 26.1. The fraction of sp³-hybridized carbons (Fsp3) is 0.297. The molecule has 4 N–H and O–H groups in total. The number of aryl methyl sites for hydroxylation is 1. The van der Waals surface area contributed by atoms with Crippen LogP contribution in [0.1, 0.15) is 53.9 Å². The molecule has 4 heterocycles. The number of fused-ring (bicyclic) bond motifs is 1. The molecule has 1 atom stereocenters. The fourth-order valence-corrected chi connectivity index (χ4v) is 6.80. The summed E-state index contributed by atoms with van der Waals surface area (Å²) in [6.45, 7) is 5.62. The van der Waals surface area contributed by atoms with E-state index in [-0.39, 0.29) is 17.9 Å². The van der Waals surface area contributed by atoms with Gasteiger partial charge in [-0.1, -0.05) is 42.5 Å². The molecule has 2 fully saturated rings. The number of hydrogen-bond acceptors (Lipinski definition) is 7. The number of aromatic nitrogens is 3. The second-order valence-electron chi connectivity index (χ2n) is 12.5. The minimum Gasteiger partial charge on any atom is -0.374 e. The van der Waals surface area contributed by atoms with Crippen molar-refractivity contribution in [1.82, 2.24) is 24.8 Å². The lowest BCUT2D eigenvalue weighted by molar-refractivity contribution is -0.133. The van der Waals surface area contributed by atoms with Gasteiger partial charge in [-0.2, -0.15) is 5.10 Å². The minimum absolute atomic E-state index is 0.197. The number of imide groups is 1. The van der Waals surface area contributed by atoms with E-state index in [0.29, 0.717) is 25.3 Å². The van der Waals surface area contributed by atoms with E-state index < -0.39 is 0 Å². The largest absolute Gasteiger partial charge is 0.374 e. The summed E-state index contributed by atoms with van der Waals surface area (Å²) in [4.78, 5) is 30.7. The summed E-state index contributed by atoms with van der Waals surface area (Å²) in [7, 11) is 0. The van der Waals surface area contributed by atoms with Crippen LogP contribution in [0.25, 0.3) is 27.9 Å². The van der Waals surface area contributed by atoms with Crippen LogP contribution >= 0.6 is 0 Å². The Bertz CT molecular complexity index is 1890. The van der Waals surface area contributed by atoms with Crippen molar-refractivity contribution < 1.29 is 9.59 Å². The number of carbonyl (C=O) groups excluding carboxylic acids is 2. The molecule has 2 aliphatic heterocycles. The molecule has 0 bridgehead atoms. The number of hydrogen-bond donors (Lipinski definition) is 3. The van der Waals surface area contributed by atoms with Gasteiger partial charge in [-0.05, 0) is 103 Å². The number of amides is 2. The van der Waals surface area contributed by atoms with Crippen molar-refractivity contribution in [2.45, 2.75) is 57.7 Å². The van der Waals surface area contributed by atoms with Crippen molar-refractivity contribution in [1.29, 1.82) is 0 Å². The maximum absolute atomic E-state index is 12.1. The molecule has 9 nitrogen and oxygen atoms in total. The molecule has 9 heteroatoms. The van der Waals surface area contributed by atoms with Gasteiger partial charge in [0.05, 0.1) is 11.2 Å². The van der Waals surface area contributed by atoms with E-state index in [9.17, 15) is 9.59 Å². The van der Waals surface area contributed by atoms with Crippen LogP contribution in [-0.2, 0) is 22.7 Å². The molecule has 2 aromatic heterocycles. The Morgan fingerprint density at radius 3 is 2.52 bits per heavy atom. The average molecular weight is 614 g/mol. The summed E-state index contributed by atoms with van der Waals surface area (Å²) >= 11 is 0. The molecule has 5 aromatic rings. The number of piperidine rings is 2. The van der Waals surface area contributed by atoms with Crippen LogP contribution in [0.4, 0.5) is 5.69 Å². The number of nitrogens with one attached hydrogen (secondary N) is 2. The Hall–Kier alpha value is -4.86. The molecule has 2 aliphatic rings. The summed E-state index contributed by atoms with van der Waals surface area (Å²) in [5, 5.41) is 10.2. The first-order valence-corrected chi connectivity index (χ1v) is 16.1. The Balaban J connectivity index is 0.985. The molecular formula is C37H39N7O2. The van der Waals surface area contributed by atoms with E-state index in [1.54, 1.807) is 6.33 Å². The lowest BCUT2D eigenvalue weighted by Gasteiger charge is -2.32. The lowest BCUT2D eigenvalue weighted by atomic mass is 9.89. The highest BCUT2D eigenvalue weighted by Gasteiger charge is 2.26. The highest BCUT2D eigenvalue weighted by Crippen LogP contribution is 2.32. The number of nitrogens with zero attached hydrogens (tertiary/aromatic N) is 4. The number of benzene rings is 3. The quantitative estimate of drug-likeness (QED) is 0.200. The summed E-state index contributed by atoms with van der Waals surface area (Å²) in [6, 6.07) is 25.4. The molecule has 7 rings (SSSR count). The number of rotatable bonds is 8. The van der Waals surface area contributed by atoms with Crippen molar-refractivity contribution >= 4 is 23.0 Å². The van der Waals surface area contributed by atoms with Crippen LogP contribution in [0.15, 0.2) is 85.3 Å². The first kappa shape index (κ1) is 29.8. The highest BCUT2D eigenvalue weighted by molar-refractivity contribution is 6.01. The average Bonchev–Trinajstić information content (AvgIpc) is 3.52. The number of likely N-dealkylation sites (tertiary alicyclic amines) is 1. The number of carbonyl (C=O) groups is 2. The van der Waals surface area contributed by atoms with E-state index in [2.05, 4.69) is 112 Å². The molecule has 2 amide bonds. The van der Waals surface area contributed by atoms with Gasteiger partial charge in [0.2, 0.25) is 11.8 Å². The fourth-order valence-electron chi connectivity index (χ4n) is 6.80. The van der Waals surface area contributed by atoms with Gasteiger partial charge in [-0.15, -0.1) is 0 Å². The van der Waals surface area contributed by atoms with Crippen molar-refractivity contribution in [3.8, 4) is 22.4 Å². The Morgan fingerprint density at radius 1 is 0.935 bits per heavy atom. The molecule has 0 spiro atoms. The molecule has 0 aliphatic carbocycles. The van der Waals surface area contributed by atoms with Crippen LogP contribution in [-0.4, -0.2) is 50.4 Å². The summed E-state index contributed by atoms with van der Waals surface area (Å²) < 4.78 is 1.92. The molecule has 46 heavy (non-hydrogen) atoms. The van der Waals surface area contributed by atoms with E-state index in [4.69, 9.17) is 5.73 Å². The van der Waals surface area contributed by atoms with Crippen LogP contribution in [0.5, 0.6) is 0 Å². The summed E-state index contributed by atoms with van der Waals surface area (Å²) in [5.41, 5.74) is 17.0. The third-order valence-electron chi connectivity index (χ3n) is 9.46. The van der Waals surface area contributed by atoms with E-state index in [1.165, 1.54) is 16.7 Å². The maximum atomic E-state index is 12.1.